The van der Waals surface area contributed by atoms with Gasteiger partial charge in [-0.2, -0.15) is 0 Å². The van der Waals surface area contributed by atoms with Crippen LogP contribution >= 0.6 is 0 Å². The van der Waals surface area contributed by atoms with Crippen LogP contribution in [0.2, 0.25) is 0 Å². The lowest BCUT2D eigenvalue weighted by atomic mass is 10.0. The molecule has 0 spiro atoms. The molecule has 1 aliphatic heterocycles. The molecule has 21 heavy (non-hydrogen) atoms. The number of hydrogen-bond donors (Lipinski definition) is 2. The zero-order valence-corrected chi connectivity index (χ0v) is 12.5. The number of amides is 2. The molecule has 1 saturated heterocycles. The highest BCUT2D eigenvalue weighted by atomic mass is 16.2. The SMILES string of the molecule is CCC[C@H](NC(=O)CN1CCNC(=O)C1)c1ccccc1. The van der Waals surface area contributed by atoms with Gasteiger partial charge in [0.05, 0.1) is 19.1 Å². The smallest absolute Gasteiger partial charge is 0.234 e. The Bertz CT molecular complexity index is 476. The summed E-state index contributed by atoms with van der Waals surface area (Å²) in [4.78, 5) is 25.4. The number of piperazine rings is 1. The van der Waals surface area contributed by atoms with Crippen molar-refractivity contribution in [3.8, 4) is 0 Å². The number of nitrogens with zero attached hydrogens (tertiary/aromatic N) is 1. The molecule has 2 N–H and O–H groups in total. The maximum atomic E-state index is 12.2. The lowest BCUT2D eigenvalue weighted by molar-refractivity contribution is -0.127. The van der Waals surface area contributed by atoms with E-state index in [0.717, 1.165) is 24.9 Å². The van der Waals surface area contributed by atoms with Crippen LogP contribution in [-0.2, 0) is 9.59 Å². The molecule has 1 aliphatic rings. The fourth-order valence-electron chi connectivity index (χ4n) is 2.57. The van der Waals surface area contributed by atoms with Crippen molar-refractivity contribution in [2.45, 2.75) is 25.8 Å². The summed E-state index contributed by atoms with van der Waals surface area (Å²) in [7, 11) is 0. The average Bonchev–Trinajstić information content (AvgIpc) is 2.47. The van der Waals surface area contributed by atoms with Gasteiger partial charge in [-0.05, 0) is 12.0 Å². The highest BCUT2D eigenvalue weighted by molar-refractivity contribution is 5.82. The van der Waals surface area contributed by atoms with Crippen LogP contribution in [0.15, 0.2) is 30.3 Å². The molecule has 0 aliphatic carbocycles. The number of rotatable bonds is 6. The molecule has 1 aromatic carbocycles. The van der Waals surface area contributed by atoms with Gasteiger partial charge in [0.2, 0.25) is 11.8 Å². The molecule has 5 heteroatoms. The first-order valence-electron chi connectivity index (χ1n) is 7.52. The number of hydrogen-bond acceptors (Lipinski definition) is 3. The Morgan fingerprint density at radius 2 is 2.14 bits per heavy atom. The van der Waals surface area contributed by atoms with Crippen LogP contribution in [0.25, 0.3) is 0 Å². The van der Waals surface area contributed by atoms with Crippen LogP contribution in [-0.4, -0.2) is 42.9 Å². The summed E-state index contributed by atoms with van der Waals surface area (Å²) in [6.45, 7) is 4.03. The number of benzene rings is 1. The molecule has 2 rings (SSSR count). The van der Waals surface area contributed by atoms with Crippen molar-refractivity contribution in [3.05, 3.63) is 35.9 Å². The summed E-state index contributed by atoms with van der Waals surface area (Å²) in [5, 5.41) is 5.84. The van der Waals surface area contributed by atoms with E-state index in [1.54, 1.807) is 0 Å². The molecule has 1 fully saturated rings. The Morgan fingerprint density at radius 3 is 2.81 bits per heavy atom. The molecule has 0 bridgehead atoms. The van der Waals surface area contributed by atoms with Crippen molar-refractivity contribution in [2.24, 2.45) is 0 Å². The third-order valence-electron chi connectivity index (χ3n) is 3.60. The summed E-state index contributed by atoms with van der Waals surface area (Å²) >= 11 is 0. The first-order valence-corrected chi connectivity index (χ1v) is 7.52. The molecule has 0 radical (unpaired) electrons. The summed E-state index contributed by atoms with van der Waals surface area (Å²) in [5.74, 6) is -0.0331. The minimum Gasteiger partial charge on any atom is -0.354 e. The number of carbonyl (C=O) groups excluding carboxylic acids is 2. The molecule has 1 heterocycles. The minimum absolute atomic E-state index is 0.0118. The van der Waals surface area contributed by atoms with Gasteiger partial charge in [0, 0.05) is 13.1 Å². The maximum absolute atomic E-state index is 12.2. The predicted octanol–water partition coefficient (Wildman–Crippen LogP) is 1.08. The average molecular weight is 289 g/mol. The molecule has 0 aromatic heterocycles. The van der Waals surface area contributed by atoms with Gasteiger partial charge in [0.15, 0.2) is 0 Å². The maximum Gasteiger partial charge on any atom is 0.234 e. The number of nitrogens with one attached hydrogen (secondary N) is 2. The molecule has 1 aromatic rings. The third-order valence-corrected chi connectivity index (χ3v) is 3.60. The van der Waals surface area contributed by atoms with Crippen molar-refractivity contribution in [1.29, 1.82) is 0 Å². The van der Waals surface area contributed by atoms with Crippen LogP contribution in [0.1, 0.15) is 31.4 Å². The Hall–Kier alpha value is -1.88. The Morgan fingerprint density at radius 1 is 1.38 bits per heavy atom. The molecular weight excluding hydrogens is 266 g/mol. The summed E-state index contributed by atoms with van der Waals surface area (Å²) < 4.78 is 0. The largest absolute Gasteiger partial charge is 0.354 e. The molecule has 0 unspecified atom stereocenters. The van der Waals surface area contributed by atoms with E-state index in [0.29, 0.717) is 13.1 Å². The van der Waals surface area contributed by atoms with E-state index in [1.807, 2.05) is 35.2 Å². The van der Waals surface area contributed by atoms with E-state index in [1.165, 1.54) is 0 Å². The summed E-state index contributed by atoms with van der Waals surface area (Å²) in [5.41, 5.74) is 1.13. The Kier molecular flexibility index (Phi) is 5.75. The summed E-state index contributed by atoms with van der Waals surface area (Å²) in [6.07, 6.45) is 1.92. The van der Waals surface area contributed by atoms with Crippen molar-refractivity contribution in [1.82, 2.24) is 15.5 Å². The van der Waals surface area contributed by atoms with Crippen molar-refractivity contribution >= 4 is 11.8 Å². The van der Waals surface area contributed by atoms with Gasteiger partial charge < -0.3 is 10.6 Å². The van der Waals surface area contributed by atoms with Gasteiger partial charge >= 0.3 is 0 Å². The normalized spacial score (nSPS) is 17.1. The third kappa shape index (κ3) is 4.86. The number of carbonyl (C=O) groups is 2. The Labute approximate surface area is 125 Å². The van der Waals surface area contributed by atoms with Crippen LogP contribution in [0.4, 0.5) is 0 Å². The lowest BCUT2D eigenvalue weighted by Gasteiger charge is -2.27. The zero-order chi connectivity index (χ0) is 15.1. The quantitative estimate of drug-likeness (QED) is 0.823. The van der Waals surface area contributed by atoms with E-state index in [2.05, 4.69) is 17.6 Å². The highest BCUT2D eigenvalue weighted by Gasteiger charge is 2.20. The molecule has 0 saturated carbocycles. The van der Waals surface area contributed by atoms with Gasteiger partial charge in [0.25, 0.3) is 0 Å². The molecule has 2 amide bonds. The second-order valence-electron chi connectivity index (χ2n) is 5.38. The van der Waals surface area contributed by atoms with Crippen molar-refractivity contribution in [2.75, 3.05) is 26.2 Å². The molecular formula is C16H23N3O2. The standard InChI is InChI=1S/C16H23N3O2/c1-2-6-14(13-7-4-3-5-8-13)18-16(21)12-19-10-9-17-15(20)11-19/h3-5,7-8,14H,2,6,9-12H2,1H3,(H,17,20)(H,18,21)/t14-/m0/s1. The van der Waals surface area contributed by atoms with Crippen LogP contribution in [0.3, 0.4) is 0 Å². The van der Waals surface area contributed by atoms with E-state index in [4.69, 9.17) is 0 Å². The second kappa shape index (κ2) is 7.78. The first-order chi connectivity index (χ1) is 10.2. The predicted molar refractivity (Wildman–Crippen MR) is 81.7 cm³/mol. The van der Waals surface area contributed by atoms with Gasteiger partial charge in [-0.25, -0.2) is 0 Å². The second-order valence-corrected chi connectivity index (χ2v) is 5.38. The topological polar surface area (TPSA) is 61.4 Å². The van der Waals surface area contributed by atoms with Crippen molar-refractivity contribution < 1.29 is 9.59 Å². The fraction of sp³-hybridized carbons (Fsp3) is 0.500. The zero-order valence-electron chi connectivity index (χ0n) is 12.5. The van der Waals surface area contributed by atoms with Gasteiger partial charge in [0.1, 0.15) is 0 Å². The molecule has 5 nitrogen and oxygen atoms in total. The summed E-state index contributed by atoms with van der Waals surface area (Å²) in [6, 6.07) is 10.1. The van der Waals surface area contributed by atoms with Gasteiger partial charge in [-0.3, -0.25) is 14.5 Å². The van der Waals surface area contributed by atoms with E-state index < -0.39 is 0 Å². The molecule has 114 valence electrons. The van der Waals surface area contributed by atoms with E-state index in [-0.39, 0.29) is 24.4 Å². The van der Waals surface area contributed by atoms with Gasteiger partial charge in [-0.15, -0.1) is 0 Å². The Balaban J connectivity index is 1.90. The van der Waals surface area contributed by atoms with E-state index >= 15 is 0 Å². The monoisotopic (exact) mass is 289 g/mol. The minimum atomic E-state index is -0.0213. The van der Waals surface area contributed by atoms with Crippen LogP contribution in [0, 0.1) is 0 Å². The van der Waals surface area contributed by atoms with E-state index in [9.17, 15) is 9.59 Å². The fourth-order valence-corrected chi connectivity index (χ4v) is 2.57. The van der Waals surface area contributed by atoms with Gasteiger partial charge in [-0.1, -0.05) is 43.7 Å². The highest BCUT2D eigenvalue weighted by Crippen LogP contribution is 2.17. The molecule has 1 atom stereocenters. The first kappa shape index (κ1) is 15.5. The van der Waals surface area contributed by atoms with Crippen LogP contribution in [0.5, 0.6) is 0 Å². The van der Waals surface area contributed by atoms with Crippen LogP contribution < -0.4 is 10.6 Å². The van der Waals surface area contributed by atoms with Crippen molar-refractivity contribution in [3.63, 3.8) is 0 Å². The lowest BCUT2D eigenvalue weighted by Crippen LogP contribution is -2.50.